The van der Waals surface area contributed by atoms with Gasteiger partial charge in [-0.05, 0) is 28.3 Å². The number of fused-ring (bicyclic) bond motifs is 1. The van der Waals surface area contributed by atoms with Crippen molar-refractivity contribution in [3.05, 3.63) is 72.1 Å². The molecule has 0 heterocycles. The van der Waals surface area contributed by atoms with Gasteiger partial charge in [0.2, 0.25) is 6.04 Å². The van der Waals surface area contributed by atoms with Crippen LogP contribution in [-0.2, 0) is 4.43 Å². The fourth-order valence-corrected chi connectivity index (χ4v) is 9.69. The van der Waals surface area contributed by atoms with Crippen molar-refractivity contribution in [2.24, 2.45) is 11.8 Å². The van der Waals surface area contributed by atoms with Crippen molar-refractivity contribution in [1.29, 1.82) is 0 Å². The Morgan fingerprint density at radius 3 is 1.73 bits per heavy atom. The van der Waals surface area contributed by atoms with Crippen molar-refractivity contribution in [1.82, 2.24) is 0 Å². The Morgan fingerprint density at radius 1 is 0.885 bits per heavy atom. The van der Waals surface area contributed by atoms with E-state index in [0.717, 1.165) is 12.8 Å². The highest BCUT2D eigenvalue weighted by atomic mass is 28.4. The predicted molar refractivity (Wildman–Crippen MR) is 109 cm³/mol. The van der Waals surface area contributed by atoms with Crippen molar-refractivity contribution in [3.8, 4) is 0 Å². The summed E-state index contributed by atoms with van der Waals surface area (Å²) in [6, 6.07) is 22.0. The fraction of sp³-hybridized carbons (Fsp3) is 0.435. The molecule has 0 bridgehead atoms. The molecular weight excluding hydrogens is 334 g/mol. The molecule has 2 atom stereocenters. The monoisotopic (exact) mass is 361 g/mol. The van der Waals surface area contributed by atoms with Gasteiger partial charge in [-0.15, -0.1) is 0 Å². The Morgan fingerprint density at radius 2 is 1.35 bits per heavy atom. The number of nitrogens with zero attached hydrogens (tertiary/aromatic N) is 1. The van der Waals surface area contributed by atoms with Gasteiger partial charge in [0.15, 0.2) is 0 Å². The maximum atomic E-state index is 7.32. The second-order valence-corrected chi connectivity index (χ2v) is 13.1. The maximum absolute atomic E-state index is 7.32. The van der Waals surface area contributed by atoms with Crippen LogP contribution in [0.3, 0.4) is 0 Å². The van der Waals surface area contributed by atoms with Crippen LogP contribution in [0.5, 0.6) is 0 Å². The van der Waals surface area contributed by atoms with Crippen molar-refractivity contribution in [2.45, 2.75) is 50.8 Å². The predicted octanol–water partition coefficient (Wildman–Crippen LogP) is 4.26. The first kappa shape index (κ1) is 17.5. The molecule has 0 radical (unpaired) electrons. The summed E-state index contributed by atoms with van der Waals surface area (Å²) in [6.45, 7) is 14.3. The van der Waals surface area contributed by atoms with Gasteiger partial charge in [0, 0.05) is 17.9 Å². The summed E-state index contributed by atoms with van der Waals surface area (Å²) in [5.74, 6) is 1.16. The zero-order valence-electron chi connectivity index (χ0n) is 15.9. The minimum absolute atomic E-state index is 0.0295. The Bertz CT molecular complexity index is 754. The van der Waals surface area contributed by atoms with Gasteiger partial charge >= 0.3 is 0 Å². The molecule has 134 valence electrons. The first-order valence-electron chi connectivity index (χ1n) is 9.63. The van der Waals surface area contributed by atoms with Gasteiger partial charge in [-0.25, -0.2) is 6.57 Å². The Balaban J connectivity index is 1.75. The van der Waals surface area contributed by atoms with Crippen molar-refractivity contribution < 1.29 is 4.43 Å². The molecule has 3 heteroatoms. The van der Waals surface area contributed by atoms with Gasteiger partial charge in [0.25, 0.3) is 8.32 Å². The van der Waals surface area contributed by atoms with Gasteiger partial charge in [0.1, 0.15) is 0 Å². The Labute approximate surface area is 158 Å². The van der Waals surface area contributed by atoms with E-state index in [1.54, 1.807) is 0 Å². The van der Waals surface area contributed by atoms with Gasteiger partial charge in [-0.2, -0.15) is 0 Å². The summed E-state index contributed by atoms with van der Waals surface area (Å²) in [4.78, 5) is 3.79. The molecule has 2 saturated carbocycles. The molecule has 0 N–H and O–H groups in total. The molecular formula is C23H27NOSi. The standard InChI is InChI=1S/C23H27NOSi/c1-23(2,3)26(18-11-7-5-8-12-18,19-13-9-6-10-14-19)25-17-15-20-21(16-17)22(20)24-4/h5-14,17,20-22H,15-16H2,1-3H3. The van der Waals surface area contributed by atoms with Crippen LogP contribution in [0.4, 0.5) is 0 Å². The van der Waals surface area contributed by atoms with Crippen molar-refractivity contribution in [2.75, 3.05) is 0 Å². The van der Waals surface area contributed by atoms with E-state index in [0.29, 0.717) is 11.8 Å². The highest BCUT2D eigenvalue weighted by Gasteiger charge is 2.64. The average molecular weight is 362 g/mol. The molecule has 4 rings (SSSR count). The normalized spacial score (nSPS) is 27.6. The molecule has 0 amide bonds. The summed E-state index contributed by atoms with van der Waals surface area (Å²) in [6.07, 6.45) is 2.40. The SMILES string of the molecule is [C-]#[N+]C1C2CC(O[Si](c3ccccc3)(c3ccccc3)C(C)(C)C)CC21. The maximum Gasteiger partial charge on any atom is 0.261 e. The molecule has 2 aliphatic rings. The average Bonchev–Trinajstić information content (AvgIpc) is 3.12. The molecule has 2 aromatic rings. The number of hydrogen-bond acceptors (Lipinski definition) is 1. The van der Waals surface area contributed by atoms with Crippen LogP contribution >= 0.6 is 0 Å². The molecule has 0 spiro atoms. The first-order valence-corrected chi connectivity index (χ1v) is 11.5. The van der Waals surface area contributed by atoms with Crippen LogP contribution in [0.2, 0.25) is 5.04 Å². The Hall–Kier alpha value is -1.89. The molecule has 2 aliphatic carbocycles. The van der Waals surface area contributed by atoms with Crippen molar-refractivity contribution in [3.63, 3.8) is 0 Å². The molecule has 2 fully saturated rings. The second kappa shape index (κ2) is 6.37. The van der Waals surface area contributed by atoms with Crippen LogP contribution in [0.15, 0.2) is 60.7 Å². The third-order valence-corrected chi connectivity index (χ3v) is 11.4. The quantitative estimate of drug-likeness (QED) is 0.586. The molecule has 26 heavy (non-hydrogen) atoms. The summed E-state index contributed by atoms with van der Waals surface area (Å²) in [5, 5.41) is 2.73. The minimum atomic E-state index is -2.43. The highest BCUT2D eigenvalue weighted by Crippen LogP contribution is 2.56. The zero-order chi connectivity index (χ0) is 18.4. The van der Waals surface area contributed by atoms with Gasteiger partial charge in [0.05, 0.1) is 0 Å². The molecule has 0 aliphatic heterocycles. The molecule has 2 nitrogen and oxygen atoms in total. The van der Waals surface area contributed by atoms with E-state index in [9.17, 15) is 0 Å². The van der Waals surface area contributed by atoms with Crippen molar-refractivity contribution >= 4 is 18.7 Å². The van der Waals surface area contributed by atoms with Crippen LogP contribution in [0, 0.1) is 18.4 Å². The lowest BCUT2D eigenvalue weighted by Gasteiger charge is -2.45. The summed E-state index contributed by atoms with van der Waals surface area (Å²) >= 11 is 0. The smallest absolute Gasteiger partial charge is 0.261 e. The topological polar surface area (TPSA) is 13.6 Å². The van der Waals surface area contributed by atoms with E-state index in [1.165, 1.54) is 10.4 Å². The summed E-state index contributed by atoms with van der Waals surface area (Å²) in [7, 11) is -2.43. The lowest BCUT2D eigenvalue weighted by atomic mass is 10.2. The molecule has 0 aromatic heterocycles. The van der Waals surface area contributed by atoms with E-state index < -0.39 is 8.32 Å². The lowest BCUT2D eigenvalue weighted by molar-refractivity contribution is 0.179. The fourth-order valence-electron chi connectivity index (χ4n) is 4.99. The van der Waals surface area contributed by atoms with Gasteiger partial charge in [-0.1, -0.05) is 81.4 Å². The van der Waals surface area contributed by atoms with Crippen LogP contribution in [0.1, 0.15) is 33.6 Å². The third kappa shape index (κ3) is 2.73. The van der Waals surface area contributed by atoms with Crippen LogP contribution in [-0.4, -0.2) is 20.5 Å². The van der Waals surface area contributed by atoms with E-state index in [4.69, 9.17) is 11.0 Å². The zero-order valence-corrected chi connectivity index (χ0v) is 16.9. The second-order valence-electron chi connectivity index (χ2n) is 8.82. The minimum Gasteiger partial charge on any atom is -0.404 e. The van der Waals surface area contributed by atoms with E-state index >= 15 is 0 Å². The summed E-state index contributed by atoms with van der Waals surface area (Å²) < 4.78 is 7.17. The van der Waals surface area contributed by atoms with Gasteiger partial charge < -0.3 is 9.27 Å². The van der Waals surface area contributed by atoms with E-state index in [1.807, 2.05) is 0 Å². The largest absolute Gasteiger partial charge is 0.404 e. The van der Waals surface area contributed by atoms with E-state index in [-0.39, 0.29) is 17.2 Å². The third-order valence-electron chi connectivity index (χ3n) is 6.27. The number of hydrogen-bond donors (Lipinski definition) is 0. The summed E-state index contributed by atoms with van der Waals surface area (Å²) in [5.41, 5.74) is 0. The lowest BCUT2D eigenvalue weighted by Crippen LogP contribution is -2.67. The molecule has 2 unspecified atom stereocenters. The highest BCUT2D eigenvalue weighted by molar-refractivity contribution is 6.99. The number of benzene rings is 2. The van der Waals surface area contributed by atoms with Crippen LogP contribution < -0.4 is 10.4 Å². The molecule has 2 aromatic carbocycles. The van der Waals surface area contributed by atoms with E-state index in [2.05, 4.69) is 86.3 Å². The number of rotatable bonds is 4. The van der Waals surface area contributed by atoms with Gasteiger partial charge in [-0.3, -0.25) is 0 Å². The van der Waals surface area contributed by atoms with Crippen LogP contribution in [0.25, 0.3) is 4.85 Å². The Kier molecular flexibility index (Phi) is 4.29. The first-order chi connectivity index (χ1) is 12.5. The molecule has 0 saturated heterocycles.